The van der Waals surface area contributed by atoms with Crippen molar-refractivity contribution < 1.29 is 19.4 Å². The Balaban J connectivity index is 3.00. The van der Waals surface area contributed by atoms with Crippen LogP contribution in [0.5, 0.6) is 11.5 Å². The first-order valence-corrected chi connectivity index (χ1v) is 7.89. The van der Waals surface area contributed by atoms with Crippen molar-refractivity contribution in [2.24, 2.45) is 0 Å². The number of carboxylic acids is 1. The smallest absolute Gasteiger partial charge is 0.125 e. The summed E-state index contributed by atoms with van der Waals surface area (Å²) < 4.78 is 11.2. The summed E-state index contributed by atoms with van der Waals surface area (Å²) in [5.41, 5.74) is 5.63. The number of hydrogen-bond acceptors (Lipinski definition) is 4. The minimum atomic E-state index is -1.01. The summed E-state index contributed by atoms with van der Waals surface area (Å²) in [5.74, 6) is 0.825. The molecular formula is C19H27O4-. The van der Waals surface area contributed by atoms with Crippen LogP contribution < -0.4 is 14.6 Å². The van der Waals surface area contributed by atoms with Crippen LogP contribution in [-0.2, 0) is 11.2 Å². The molecule has 0 atom stereocenters. The fraction of sp³-hybridized carbons (Fsp3) is 0.526. The van der Waals surface area contributed by atoms with Crippen molar-refractivity contribution in [1.29, 1.82) is 0 Å². The summed E-state index contributed by atoms with van der Waals surface area (Å²) in [4.78, 5) is 10.5. The van der Waals surface area contributed by atoms with Gasteiger partial charge in [-0.3, -0.25) is 0 Å². The van der Waals surface area contributed by atoms with E-state index in [0.29, 0.717) is 6.42 Å². The lowest BCUT2D eigenvalue weighted by Crippen LogP contribution is -2.21. The minimum Gasteiger partial charge on any atom is -0.550 e. The summed E-state index contributed by atoms with van der Waals surface area (Å²) in [6.07, 6.45) is 4.24. The van der Waals surface area contributed by atoms with Gasteiger partial charge in [0.15, 0.2) is 0 Å². The molecule has 0 saturated carbocycles. The van der Waals surface area contributed by atoms with Crippen LogP contribution in [0.15, 0.2) is 11.6 Å². The van der Waals surface area contributed by atoms with Gasteiger partial charge in [-0.1, -0.05) is 11.6 Å². The third kappa shape index (κ3) is 4.75. The third-order valence-corrected chi connectivity index (χ3v) is 4.33. The maximum atomic E-state index is 10.5. The monoisotopic (exact) mass is 319 g/mol. The maximum Gasteiger partial charge on any atom is 0.125 e. The van der Waals surface area contributed by atoms with E-state index in [0.717, 1.165) is 46.6 Å². The Morgan fingerprint density at radius 3 is 2.09 bits per heavy atom. The predicted molar refractivity (Wildman–Crippen MR) is 90.1 cm³/mol. The first-order valence-electron chi connectivity index (χ1n) is 7.89. The maximum absolute atomic E-state index is 10.5. The SMILES string of the molecule is COc1c(C)c(C)c(OC)c(CC/C(C)=C/CCC(=O)[O-])c1C. The van der Waals surface area contributed by atoms with Crippen molar-refractivity contribution >= 4 is 5.97 Å². The molecule has 0 radical (unpaired) electrons. The molecule has 4 nitrogen and oxygen atoms in total. The highest BCUT2D eigenvalue weighted by molar-refractivity contribution is 5.64. The van der Waals surface area contributed by atoms with E-state index in [1.807, 2.05) is 26.8 Å². The molecule has 0 N–H and O–H groups in total. The van der Waals surface area contributed by atoms with Gasteiger partial charge in [0.05, 0.1) is 14.2 Å². The average Bonchev–Trinajstić information content (AvgIpc) is 2.49. The van der Waals surface area contributed by atoms with E-state index in [1.54, 1.807) is 14.2 Å². The first-order chi connectivity index (χ1) is 10.8. The first kappa shape index (κ1) is 19.1. The molecule has 0 aromatic heterocycles. The summed E-state index contributed by atoms with van der Waals surface area (Å²) in [6.45, 7) is 8.16. The number of benzene rings is 1. The number of carbonyl (C=O) groups excluding carboxylic acids is 1. The molecule has 128 valence electrons. The molecule has 0 aliphatic carbocycles. The van der Waals surface area contributed by atoms with Crippen molar-refractivity contribution in [1.82, 2.24) is 0 Å². The Kier molecular flexibility index (Phi) is 7.14. The summed E-state index contributed by atoms with van der Waals surface area (Å²) in [7, 11) is 3.38. The van der Waals surface area contributed by atoms with Crippen LogP contribution >= 0.6 is 0 Å². The zero-order valence-electron chi connectivity index (χ0n) is 15.0. The topological polar surface area (TPSA) is 58.6 Å². The number of rotatable bonds is 8. The molecular weight excluding hydrogens is 292 g/mol. The fourth-order valence-corrected chi connectivity index (χ4v) is 2.90. The molecule has 1 rings (SSSR count). The van der Waals surface area contributed by atoms with E-state index in [-0.39, 0.29) is 6.42 Å². The molecule has 1 aromatic rings. The van der Waals surface area contributed by atoms with Crippen LogP contribution in [0.25, 0.3) is 0 Å². The van der Waals surface area contributed by atoms with Gasteiger partial charge >= 0.3 is 0 Å². The van der Waals surface area contributed by atoms with E-state index in [9.17, 15) is 9.90 Å². The van der Waals surface area contributed by atoms with Crippen LogP contribution in [0.1, 0.15) is 48.4 Å². The van der Waals surface area contributed by atoms with Gasteiger partial charge in [-0.15, -0.1) is 0 Å². The van der Waals surface area contributed by atoms with Crippen molar-refractivity contribution in [3.63, 3.8) is 0 Å². The molecule has 1 aromatic carbocycles. The van der Waals surface area contributed by atoms with Crippen molar-refractivity contribution in [2.75, 3.05) is 14.2 Å². The Morgan fingerprint density at radius 2 is 1.57 bits per heavy atom. The second kappa shape index (κ2) is 8.61. The largest absolute Gasteiger partial charge is 0.550 e. The number of ether oxygens (including phenoxy) is 2. The molecule has 0 unspecified atom stereocenters. The number of aliphatic carboxylic acids is 1. The van der Waals surface area contributed by atoms with Gasteiger partial charge in [0.1, 0.15) is 11.5 Å². The van der Waals surface area contributed by atoms with E-state index >= 15 is 0 Å². The highest BCUT2D eigenvalue weighted by Gasteiger charge is 2.18. The molecule has 0 spiro atoms. The fourth-order valence-electron chi connectivity index (χ4n) is 2.90. The number of carbonyl (C=O) groups is 1. The number of hydrogen-bond donors (Lipinski definition) is 0. The highest BCUT2D eigenvalue weighted by atomic mass is 16.5. The molecule has 23 heavy (non-hydrogen) atoms. The number of allylic oxidation sites excluding steroid dienone is 2. The molecule has 0 saturated heterocycles. The zero-order valence-corrected chi connectivity index (χ0v) is 15.0. The van der Waals surface area contributed by atoms with E-state index in [1.165, 1.54) is 5.57 Å². The molecule has 0 aliphatic rings. The Labute approximate surface area is 139 Å². The van der Waals surface area contributed by atoms with Crippen molar-refractivity contribution in [2.45, 2.75) is 53.4 Å². The van der Waals surface area contributed by atoms with Crippen LogP contribution in [0, 0.1) is 20.8 Å². The Bertz CT molecular complexity index is 600. The van der Waals surface area contributed by atoms with Gasteiger partial charge in [-0.2, -0.15) is 0 Å². The highest BCUT2D eigenvalue weighted by Crippen LogP contribution is 2.38. The molecule has 0 heterocycles. The third-order valence-electron chi connectivity index (χ3n) is 4.33. The standard InChI is InChI=1S/C19H28O4/c1-12(8-7-9-17(20)21)10-11-16-15(4)18(22-5)13(2)14(3)19(16)23-6/h8H,7,9-11H2,1-6H3,(H,20,21)/p-1/b12-8+. The Morgan fingerprint density at radius 1 is 1.00 bits per heavy atom. The molecule has 0 amide bonds. The van der Waals surface area contributed by atoms with Gasteiger partial charge in [0.25, 0.3) is 0 Å². The van der Waals surface area contributed by atoms with Gasteiger partial charge in [-0.05, 0) is 70.1 Å². The van der Waals surface area contributed by atoms with Gasteiger partial charge in [0, 0.05) is 11.5 Å². The second-order valence-electron chi connectivity index (χ2n) is 5.88. The lowest BCUT2D eigenvalue weighted by atomic mass is 9.93. The summed E-state index contributed by atoms with van der Waals surface area (Å²) in [5, 5.41) is 10.5. The normalized spacial score (nSPS) is 11.5. The van der Waals surface area contributed by atoms with Crippen LogP contribution in [-0.4, -0.2) is 20.2 Å². The lowest BCUT2D eigenvalue weighted by molar-refractivity contribution is -0.305. The summed E-state index contributed by atoms with van der Waals surface area (Å²) >= 11 is 0. The van der Waals surface area contributed by atoms with E-state index in [4.69, 9.17) is 9.47 Å². The molecule has 0 aliphatic heterocycles. The molecule has 4 heteroatoms. The average molecular weight is 319 g/mol. The number of carboxylic acid groups (broad SMARTS) is 1. The van der Waals surface area contributed by atoms with E-state index in [2.05, 4.69) is 6.92 Å². The zero-order chi connectivity index (χ0) is 17.6. The predicted octanol–water partition coefficient (Wildman–Crippen LogP) is 3.04. The minimum absolute atomic E-state index is 0.0666. The summed E-state index contributed by atoms with van der Waals surface area (Å²) in [6, 6.07) is 0. The van der Waals surface area contributed by atoms with E-state index < -0.39 is 5.97 Å². The molecule has 0 fully saturated rings. The lowest BCUT2D eigenvalue weighted by Gasteiger charge is -2.20. The number of methoxy groups -OCH3 is 2. The Hall–Kier alpha value is -1.97. The van der Waals surface area contributed by atoms with Gasteiger partial charge in [-0.25, -0.2) is 0 Å². The van der Waals surface area contributed by atoms with Crippen molar-refractivity contribution in [3.05, 3.63) is 33.9 Å². The van der Waals surface area contributed by atoms with Crippen LogP contribution in [0.4, 0.5) is 0 Å². The van der Waals surface area contributed by atoms with Gasteiger partial charge in [0.2, 0.25) is 0 Å². The van der Waals surface area contributed by atoms with Crippen molar-refractivity contribution in [3.8, 4) is 11.5 Å². The quantitative estimate of drug-likeness (QED) is 0.691. The molecule has 0 bridgehead atoms. The second-order valence-corrected chi connectivity index (χ2v) is 5.88. The van der Waals surface area contributed by atoms with Gasteiger partial charge < -0.3 is 19.4 Å². The van der Waals surface area contributed by atoms with Crippen LogP contribution in [0.3, 0.4) is 0 Å². The van der Waals surface area contributed by atoms with Crippen LogP contribution in [0.2, 0.25) is 0 Å².